The van der Waals surface area contributed by atoms with Gasteiger partial charge in [0.1, 0.15) is 5.75 Å². The SMILES string of the molecule is CN(C)C(=O)CNC(=NCc1ccccc1OC(F)(F)F)NCCc1cccs1.I. The van der Waals surface area contributed by atoms with Crippen LogP contribution < -0.4 is 15.4 Å². The molecule has 0 fully saturated rings. The number of carbonyl (C=O) groups excluding carboxylic acids is 1. The predicted octanol–water partition coefficient (Wildman–Crippen LogP) is 3.63. The molecule has 1 heterocycles. The summed E-state index contributed by atoms with van der Waals surface area (Å²) in [5.41, 5.74) is 0.281. The lowest BCUT2D eigenvalue weighted by Crippen LogP contribution is -2.43. The van der Waals surface area contributed by atoms with E-state index in [1.54, 1.807) is 31.5 Å². The van der Waals surface area contributed by atoms with Crippen molar-refractivity contribution in [2.24, 2.45) is 4.99 Å². The summed E-state index contributed by atoms with van der Waals surface area (Å²) in [5.74, 6) is -0.122. The van der Waals surface area contributed by atoms with Crippen molar-refractivity contribution in [3.63, 3.8) is 0 Å². The quantitative estimate of drug-likeness (QED) is 0.296. The molecule has 0 aliphatic rings. The molecule has 0 saturated carbocycles. The molecule has 1 aromatic heterocycles. The van der Waals surface area contributed by atoms with Crippen LogP contribution in [0.3, 0.4) is 0 Å². The van der Waals surface area contributed by atoms with Crippen LogP contribution in [-0.2, 0) is 17.8 Å². The van der Waals surface area contributed by atoms with Gasteiger partial charge >= 0.3 is 6.36 Å². The highest BCUT2D eigenvalue weighted by molar-refractivity contribution is 14.0. The number of halogens is 4. The molecule has 0 radical (unpaired) electrons. The Balaban J connectivity index is 0.00000450. The monoisotopic (exact) mass is 556 g/mol. The summed E-state index contributed by atoms with van der Waals surface area (Å²) in [6, 6.07) is 9.80. The van der Waals surface area contributed by atoms with Crippen LogP contribution in [0.25, 0.3) is 0 Å². The first-order valence-electron chi connectivity index (χ1n) is 8.83. The number of para-hydroxylation sites is 1. The van der Waals surface area contributed by atoms with E-state index < -0.39 is 6.36 Å². The lowest BCUT2D eigenvalue weighted by atomic mass is 10.2. The van der Waals surface area contributed by atoms with Gasteiger partial charge in [-0.2, -0.15) is 0 Å². The molecule has 2 N–H and O–H groups in total. The van der Waals surface area contributed by atoms with Crippen molar-refractivity contribution >= 4 is 47.2 Å². The molecule has 2 aromatic rings. The van der Waals surface area contributed by atoms with Gasteiger partial charge in [0.05, 0.1) is 13.1 Å². The van der Waals surface area contributed by atoms with E-state index in [0.29, 0.717) is 12.5 Å². The van der Waals surface area contributed by atoms with Crippen molar-refractivity contribution in [1.29, 1.82) is 0 Å². The van der Waals surface area contributed by atoms with E-state index in [1.165, 1.54) is 28.0 Å². The smallest absolute Gasteiger partial charge is 0.405 e. The molecule has 1 aromatic carbocycles. The summed E-state index contributed by atoms with van der Waals surface area (Å²) >= 11 is 1.63. The number of benzene rings is 1. The van der Waals surface area contributed by atoms with Crippen molar-refractivity contribution in [3.05, 3.63) is 52.2 Å². The molecule has 1 amide bonds. The van der Waals surface area contributed by atoms with Crippen molar-refractivity contribution in [2.45, 2.75) is 19.3 Å². The van der Waals surface area contributed by atoms with Gasteiger partial charge in [0.2, 0.25) is 5.91 Å². The number of nitrogens with one attached hydrogen (secondary N) is 2. The maximum absolute atomic E-state index is 12.6. The molecular formula is C19H24F3IN4O2S. The van der Waals surface area contributed by atoms with E-state index in [4.69, 9.17) is 0 Å². The van der Waals surface area contributed by atoms with E-state index in [0.717, 1.165) is 6.42 Å². The molecule has 0 saturated heterocycles. The van der Waals surface area contributed by atoms with Gasteiger partial charge in [0, 0.05) is 31.1 Å². The average Bonchev–Trinajstić information content (AvgIpc) is 3.16. The zero-order valence-corrected chi connectivity index (χ0v) is 19.7. The summed E-state index contributed by atoms with van der Waals surface area (Å²) in [7, 11) is 3.27. The van der Waals surface area contributed by atoms with Gasteiger partial charge in [-0.3, -0.25) is 4.79 Å². The first-order chi connectivity index (χ1) is 13.7. The first-order valence-corrected chi connectivity index (χ1v) is 9.71. The molecule has 0 aliphatic heterocycles. The Hall–Kier alpha value is -2.02. The van der Waals surface area contributed by atoms with Gasteiger partial charge in [-0.15, -0.1) is 48.5 Å². The highest BCUT2D eigenvalue weighted by Gasteiger charge is 2.31. The third kappa shape index (κ3) is 9.65. The fourth-order valence-electron chi connectivity index (χ4n) is 2.27. The first kappa shape index (κ1) is 26.0. The lowest BCUT2D eigenvalue weighted by Gasteiger charge is -2.16. The standard InChI is InChI=1S/C19H23F3N4O2S.HI/c1-26(2)17(27)13-25-18(23-10-9-15-7-5-11-29-15)24-12-14-6-3-4-8-16(14)28-19(20,21)22;/h3-8,11H,9-10,12-13H2,1-2H3,(H2,23,24,25);1H. The highest BCUT2D eigenvalue weighted by atomic mass is 127. The zero-order valence-electron chi connectivity index (χ0n) is 16.5. The third-order valence-corrected chi connectivity index (χ3v) is 4.69. The second-order valence-electron chi connectivity index (χ2n) is 6.22. The number of guanidine groups is 1. The minimum Gasteiger partial charge on any atom is -0.405 e. The minimum absolute atomic E-state index is 0. The molecule has 0 atom stereocenters. The Kier molecular flexibility index (Phi) is 10.9. The Bertz CT molecular complexity index is 814. The summed E-state index contributed by atoms with van der Waals surface area (Å²) < 4.78 is 41.8. The number of amides is 1. The van der Waals surface area contributed by atoms with Crippen LogP contribution in [0.5, 0.6) is 5.75 Å². The number of hydrogen-bond acceptors (Lipinski definition) is 4. The normalized spacial score (nSPS) is 11.4. The second kappa shape index (κ2) is 12.6. The maximum Gasteiger partial charge on any atom is 0.573 e. The van der Waals surface area contributed by atoms with E-state index in [1.807, 2.05) is 17.5 Å². The molecule has 2 rings (SSSR count). The number of nitrogens with zero attached hydrogens (tertiary/aromatic N) is 2. The molecular weight excluding hydrogens is 532 g/mol. The molecule has 11 heteroatoms. The third-order valence-electron chi connectivity index (χ3n) is 3.76. The summed E-state index contributed by atoms with van der Waals surface area (Å²) in [5, 5.41) is 7.99. The largest absolute Gasteiger partial charge is 0.573 e. The molecule has 0 unspecified atom stereocenters. The van der Waals surface area contributed by atoms with E-state index >= 15 is 0 Å². The molecule has 0 aliphatic carbocycles. The Labute approximate surface area is 194 Å². The maximum atomic E-state index is 12.6. The van der Waals surface area contributed by atoms with E-state index in [2.05, 4.69) is 20.4 Å². The lowest BCUT2D eigenvalue weighted by molar-refractivity contribution is -0.274. The van der Waals surface area contributed by atoms with E-state index in [9.17, 15) is 18.0 Å². The molecule has 0 spiro atoms. The second-order valence-corrected chi connectivity index (χ2v) is 7.25. The van der Waals surface area contributed by atoms with Gasteiger partial charge in [-0.25, -0.2) is 4.99 Å². The number of rotatable bonds is 8. The Morgan fingerprint density at radius 1 is 1.17 bits per heavy atom. The number of ether oxygens (including phenoxy) is 1. The van der Waals surface area contributed by atoms with Crippen molar-refractivity contribution in [2.75, 3.05) is 27.2 Å². The molecule has 6 nitrogen and oxygen atoms in total. The van der Waals surface area contributed by atoms with Crippen LogP contribution in [0, 0.1) is 0 Å². The fourth-order valence-corrected chi connectivity index (χ4v) is 2.98. The molecule has 166 valence electrons. The number of likely N-dealkylation sites (N-methyl/N-ethyl adjacent to an activating group) is 1. The highest BCUT2D eigenvalue weighted by Crippen LogP contribution is 2.26. The van der Waals surface area contributed by atoms with Crippen LogP contribution in [0.15, 0.2) is 46.8 Å². The van der Waals surface area contributed by atoms with Crippen LogP contribution in [0.2, 0.25) is 0 Å². The number of thiophene rings is 1. The van der Waals surface area contributed by atoms with Gasteiger partial charge in [0.25, 0.3) is 0 Å². The molecule has 30 heavy (non-hydrogen) atoms. The zero-order chi connectivity index (χ0) is 21.3. The number of carbonyl (C=O) groups is 1. The topological polar surface area (TPSA) is 66.0 Å². The van der Waals surface area contributed by atoms with Gasteiger partial charge in [-0.05, 0) is 23.9 Å². The van der Waals surface area contributed by atoms with Crippen LogP contribution >= 0.6 is 35.3 Å². The number of alkyl halides is 3. The van der Waals surface area contributed by atoms with Crippen molar-refractivity contribution in [1.82, 2.24) is 15.5 Å². The van der Waals surface area contributed by atoms with Crippen LogP contribution in [0.4, 0.5) is 13.2 Å². The average molecular weight is 556 g/mol. The summed E-state index contributed by atoms with van der Waals surface area (Å²) in [6.45, 7) is 0.526. The van der Waals surface area contributed by atoms with Gasteiger partial charge in [0.15, 0.2) is 5.96 Å². The van der Waals surface area contributed by atoms with Gasteiger partial charge in [-0.1, -0.05) is 24.3 Å². The molecule has 0 bridgehead atoms. The minimum atomic E-state index is -4.78. The van der Waals surface area contributed by atoms with E-state index in [-0.39, 0.29) is 54.3 Å². The van der Waals surface area contributed by atoms with Crippen molar-refractivity contribution in [3.8, 4) is 5.75 Å². The number of hydrogen-bond donors (Lipinski definition) is 2. The van der Waals surface area contributed by atoms with Gasteiger partial charge < -0.3 is 20.3 Å². The predicted molar refractivity (Wildman–Crippen MR) is 122 cm³/mol. The van der Waals surface area contributed by atoms with Crippen LogP contribution in [0.1, 0.15) is 10.4 Å². The van der Waals surface area contributed by atoms with Crippen LogP contribution in [-0.4, -0.2) is 50.3 Å². The van der Waals surface area contributed by atoms with Crippen molar-refractivity contribution < 1.29 is 22.7 Å². The Morgan fingerprint density at radius 3 is 2.53 bits per heavy atom. The summed E-state index contributed by atoms with van der Waals surface area (Å²) in [6.07, 6.45) is -4.02. The number of aliphatic imine (C=N–C) groups is 1. The summed E-state index contributed by atoms with van der Waals surface area (Å²) in [4.78, 5) is 18.8. The fraction of sp³-hybridized carbons (Fsp3) is 0.368. The Morgan fingerprint density at radius 2 is 1.90 bits per heavy atom.